The Balaban J connectivity index is 1.65. The monoisotopic (exact) mass is 659 g/mol. The topological polar surface area (TPSA) is 177 Å². The van der Waals surface area contributed by atoms with E-state index in [0.717, 1.165) is 11.0 Å². The SMILES string of the molecule is CSCC(C)[C@H](NC(C)=O)C(=O)Nc1ccc(C(=O)NS(=O)(=O)c2ccc(NCCSc3ccccc3)c([N+](=O)[O-])c2)cc1. The first-order valence-corrected chi connectivity index (χ1v) is 17.2. The van der Waals surface area contributed by atoms with Gasteiger partial charge in [0.05, 0.1) is 9.82 Å². The number of thioether (sulfide) groups is 2. The number of sulfonamides is 1. The molecule has 0 aliphatic carbocycles. The number of benzene rings is 3. The van der Waals surface area contributed by atoms with Crippen LogP contribution >= 0.6 is 23.5 Å². The molecule has 0 spiro atoms. The Kier molecular flexibility index (Phi) is 12.6. The number of amides is 3. The van der Waals surface area contributed by atoms with Crippen LogP contribution in [0.15, 0.2) is 82.6 Å². The highest BCUT2D eigenvalue weighted by atomic mass is 32.2. The van der Waals surface area contributed by atoms with Crippen LogP contribution in [-0.2, 0) is 19.6 Å². The highest BCUT2D eigenvalue weighted by molar-refractivity contribution is 7.99. The summed E-state index contributed by atoms with van der Waals surface area (Å²) in [5.74, 6) is -0.634. The molecule has 0 radical (unpaired) electrons. The van der Waals surface area contributed by atoms with Crippen LogP contribution in [0.4, 0.5) is 17.1 Å². The molecule has 1 unspecified atom stereocenters. The van der Waals surface area contributed by atoms with Crippen molar-refractivity contribution < 1.29 is 27.7 Å². The molecule has 0 saturated heterocycles. The minimum atomic E-state index is -4.46. The molecule has 0 aliphatic rings. The van der Waals surface area contributed by atoms with Crippen molar-refractivity contribution in [1.29, 1.82) is 0 Å². The average Bonchev–Trinajstić information content (AvgIpc) is 2.98. The molecule has 44 heavy (non-hydrogen) atoms. The molecule has 0 aromatic heterocycles. The third-order valence-corrected chi connectivity index (χ3v) is 9.39. The fourth-order valence-corrected chi connectivity index (χ4v) is 6.56. The number of hydrogen-bond acceptors (Lipinski definition) is 10. The van der Waals surface area contributed by atoms with E-state index in [1.165, 1.54) is 43.3 Å². The molecule has 4 N–H and O–H groups in total. The van der Waals surface area contributed by atoms with Gasteiger partial charge in [-0.15, -0.1) is 11.8 Å². The molecular weight excluding hydrogens is 627 g/mol. The highest BCUT2D eigenvalue weighted by Gasteiger charge is 2.26. The van der Waals surface area contributed by atoms with Crippen LogP contribution in [0.2, 0.25) is 0 Å². The summed E-state index contributed by atoms with van der Waals surface area (Å²) in [6, 6.07) is 17.7. The van der Waals surface area contributed by atoms with Gasteiger partial charge < -0.3 is 16.0 Å². The van der Waals surface area contributed by atoms with E-state index in [9.17, 15) is 32.9 Å². The van der Waals surface area contributed by atoms with Crippen LogP contribution in [0, 0.1) is 16.0 Å². The van der Waals surface area contributed by atoms with Gasteiger partial charge in [0.15, 0.2) is 0 Å². The summed E-state index contributed by atoms with van der Waals surface area (Å²) < 4.78 is 27.8. The van der Waals surface area contributed by atoms with Crippen LogP contribution in [0.5, 0.6) is 0 Å². The Bertz CT molecular complexity index is 1590. The number of hydrogen-bond donors (Lipinski definition) is 4. The van der Waals surface area contributed by atoms with Gasteiger partial charge in [0.25, 0.3) is 21.6 Å². The third kappa shape index (κ3) is 9.99. The summed E-state index contributed by atoms with van der Waals surface area (Å²) in [6.45, 7) is 3.56. The summed E-state index contributed by atoms with van der Waals surface area (Å²) in [4.78, 5) is 48.8. The van der Waals surface area contributed by atoms with E-state index in [1.54, 1.807) is 23.5 Å². The molecule has 12 nitrogen and oxygen atoms in total. The minimum absolute atomic E-state index is 0.0237. The Labute approximate surface area is 264 Å². The van der Waals surface area contributed by atoms with Gasteiger partial charge in [0.2, 0.25) is 11.8 Å². The summed E-state index contributed by atoms with van der Waals surface area (Å²) in [7, 11) is -4.46. The Morgan fingerprint density at radius 1 is 1.00 bits per heavy atom. The van der Waals surface area contributed by atoms with Crippen molar-refractivity contribution in [3.05, 3.63) is 88.5 Å². The first-order chi connectivity index (χ1) is 20.9. The molecule has 0 heterocycles. The van der Waals surface area contributed by atoms with Gasteiger partial charge in [-0.2, -0.15) is 11.8 Å². The number of nitro benzene ring substituents is 1. The van der Waals surface area contributed by atoms with Gasteiger partial charge >= 0.3 is 0 Å². The van der Waals surface area contributed by atoms with E-state index in [4.69, 9.17) is 0 Å². The zero-order valence-electron chi connectivity index (χ0n) is 24.2. The Hall–Kier alpha value is -4.08. The van der Waals surface area contributed by atoms with Crippen molar-refractivity contribution in [2.24, 2.45) is 5.92 Å². The molecule has 3 aromatic rings. The fourth-order valence-electron chi connectivity index (χ4n) is 4.06. The number of nitrogens with one attached hydrogen (secondary N) is 4. The van der Waals surface area contributed by atoms with Crippen molar-refractivity contribution in [1.82, 2.24) is 10.0 Å². The molecule has 15 heteroatoms. The maximum Gasteiger partial charge on any atom is 0.293 e. The first-order valence-electron chi connectivity index (χ1n) is 13.4. The van der Waals surface area contributed by atoms with E-state index >= 15 is 0 Å². The lowest BCUT2D eigenvalue weighted by Gasteiger charge is -2.23. The van der Waals surface area contributed by atoms with Crippen LogP contribution < -0.4 is 20.7 Å². The van der Waals surface area contributed by atoms with E-state index in [1.807, 2.05) is 48.2 Å². The van der Waals surface area contributed by atoms with Crippen LogP contribution in [0.3, 0.4) is 0 Å². The zero-order valence-corrected chi connectivity index (χ0v) is 26.7. The van der Waals surface area contributed by atoms with E-state index < -0.39 is 43.4 Å². The van der Waals surface area contributed by atoms with Gasteiger partial charge in [-0.3, -0.25) is 24.5 Å². The quantitative estimate of drug-likeness (QED) is 0.0794. The molecule has 2 atom stereocenters. The predicted octanol–water partition coefficient (Wildman–Crippen LogP) is 4.36. The van der Waals surface area contributed by atoms with E-state index in [2.05, 4.69) is 16.0 Å². The number of anilines is 2. The number of carbonyl (C=O) groups is 3. The molecule has 0 aliphatic heterocycles. The average molecular weight is 660 g/mol. The minimum Gasteiger partial charge on any atom is -0.379 e. The van der Waals surface area contributed by atoms with Crippen molar-refractivity contribution in [2.75, 3.05) is 34.9 Å². The van der Waals surface area contributed by atoms with Crippen molar-refractivity contribution in [3.8, 4) is 0 Å². The largest absolute Gasteiger partial charge is 0.379 e. The number of nitrogens with zero attached hydrogens (tertiary/aromatic N) is 1. The lowest BCUT2D eigenvalue weighted by atomic mass is 10.0. The zero-order chi connectivity index (χ0) is 32.3. The smallest absolute Gasteiger partial charge is 0.293 e. The van der Waals surface area contributed by atoms with E-state index in [0.29, 0.717) is 23.7 Å². The van der Waals surface area contributed by atoms with E-state index in [-0.39, 0.29) is 23.1 Å². The Morgan fingerprint density at radius 3 is 2.30 bits per heavy atom. The molecule has 0 fully saturated rings. The Morgan fingerprint density at radius 2 is 1.68 bits per heavy atom. The molecule has 3 amide bonds. The summed E-state index contributed by atoms with van der Waals surface area (Å²) in [5, 5.41) is 20.0. The van der Waals surface area contributed by atoms with Crippen molar-refractivity contribution in [3.63, 3.8) is 0 Å². The standard InChI is InChI=1S/C29H33N5O7S3/c1-19(18-42-3)27(31-20(2)35)29(37)32-22-11-9-21(10-12-22)28(36)33-44(40,41)24-13-14-25(26(17-24)34(38)39)30-15-16-43-23-7-5-4-6-8-23/h4-14,17,19,27,30H,15-16,18H2,1-3H3,(H,31,35)(H,32,37)(H,33,36)/t19?,27-/m0/s1. The molecule has 3 aromatic carbocycles. The number of nitro groups is 1. The van der Waals surface area contributed by atoms with Crippen LogP contribution in [0.1, 0.15) is 24.2 Å². The molecule has 0 bridgehead atoms. The molecule has 0 saturated carbocycles. The summed E-state index contributed by atoms with van der Waals surface area (Å²) in [5.41, 5.74) is 0.0103. The molecule has 3 rings (SSSR count). The second kappa shape index (κ2) is 16.1. The summed E-state index contributed by atoms with van der Waals surface area (Å²) >= 11 is 3.10. The number of carbonyl (C=O) groups excluding carboxylic acids is 3. The second-order valence-electron chi connectivity index (χ2n) is 9.64. The summed E-state index contributed by atoms with van der Waals surface area (Å²) in [6.07, 6.45) is 1.89. The van der Waals surface area contributed by atoms with Gasteiger partial charge in [0, 0.05) is 41.4 Å². The maximum absolute atomic E-state index is 12.9. The normalized spacial score (nSPS) is 12.4. The third-order valence-electron chi connectivity index (χ3n) is 6.19. The first kappa shape index (κ1) is 34.4. The van der Waals surface area contributed by atoms with Crippen LogP contribution in [0.25, 0.3) is 0 Å². The lowest BCUT2D eigenvalue weighted by Crippen LogP contribution is -2.47. The molecular formula is C29H33N5O7S3. The molecule has 234 valence electrons. The van der Waals surface area contributed by atoms with Crippen molar-refractivity contribution in [2.45, 2.75) is 29.7 Å². The van der Waals surface area contributed by atoms with Gasteiger partial charge in [-0.05, 0) is 66.5 Å². The van der Waals surface area contributed by atoms with Crippen LogP contribution in [-0.4, -0.2) is 61.4 Å². The number of rotatable bonds is 15. The second-order valence-corrected chi connectivity index (χ2v) is 13.4. The lowest BCUT2D eigenvalue weighted by molar-refractivity contribution is -0.384. The maximum atomic E-state index is 12.9. The van der Waals surface area contributed by atoms with Gasteiger partial charge in [-0.25, -0.2) is 13.1 Å². The van der Waals surface area contributed by atoms with Crippen molar-refractivity contribution >= 4 is 68.3 Å². The predicted molar refractivity (Wildman–Crippen MR) is 174 cm³/mol. The fraction of sp³-hybridized carbons (Fsp3) is 0.276. The van der Waals surface area contributed by atoms with Gasteiger partial charge in [0.1, 0.15) is 11.7 Å². The van der Waals surface area contributed by atoms with Gasteiger partial charge in [-0.1, -0.05) is 25.1 Å². The highest BCUT2D eigenvalue weighted by Crippen LogP contribution is 2.28.